The van der Waals surface area contributed by atoms with E-state index in [0.29, 0.717) is 6.54 Å². The van der Waals surface area contributed by atoms with Crippen LogP contribution in [0.3, 0.4) is 0 Å². The number of carbonyl (C=O) groups excluding carboxylic acids is 1. The van der Waals surface area contributed by atoms with Crippen molar-refractivity contribution in [3.8, 4) is 5.75 Å². The van der Waals surface area contributed by atoms with Crippen LogP contribution in [-0.2, 0) is 0 Å². The summed E-state index contributed by atoms with van der Waals surface area (Å²) in [5.74, 6) is 0.879. The van der Waals surface area contributed by atoms with E-state index < -0.39 is 0 Å². The third kappa shape index (κ3) is 3.27. The summed E-state index contributed by atoms with van der Waals surface area (Å²) in [6, 6.07) is 3.78. The Morgan fingerprint density at radius 1 is 1.57 bits per heavy atom. The molecule has 0 bridgehead atoms. The zero-order chi connectivity index (χ0) is 14.8. The highest BCUT2D eigenvalue weighted by molar-refractivity contribution is 9.10. The van der Waals surface area contributed by atoms with Crippen LogP contribution >= 0.6 is 27.3 Å². The molecule has 0 saturated carbocycles. The molecule has 2 aromatic rings. The number of likely N-dealkylation sites (tertiary alicyclic amines) is 1. The minimum Gasteiger partial charge on any atom is -0.487 e. The third-order valence-corrected chi connectivity index (χ3v) is 5.03. The molecular weight excluding hydrogens is 352 g/mol. The minimum absolute atomic E-state index is 0.0358. The Morgan fingerprint density at radius 2 is 2.43 bits per heavy atom. The topological polar surface area (TPSA) is 42.4 Å². The van der Waals surface area contributed by atoms with Gasteiger partial charge in [0.05, 0.1) is 15.9 Å². The molecule has 0 aromatic carbocycles. The third-order valence-electron chi connectivity index (χ3n) is 3.40. The highest BCUT2D eigenvalue weighted by atomic mass is 79.9. The number of pyridine rings is 1. The van der Waals surface area contributed by atoms with Crippen molar-refractivity contribution in [2.45, 2.75) is 19.4 Å². The van der Waals surface area contributed by atoms with Gasteiger partial charge in [0, 0.05) is 25.4 Å². The highest BCUT2D eigenvalue weighted by Gasteiger charge is 2.29. The number of rotatable bonds is 3. The van der Waals surface area contributed by atoms with Gasteiger partial charge < -0.3 is 9.64 Å². The van der Waals surface area contributed by atoms with Gasteiger partial charge in [0.2, 0.25) is 0 Å². The van der Waals surface area contributed by atoms with Crippen molar-refractivity contribution in [2.24, 2.45) is 0 Å². The summed E-state index contributed by atoms with van der Waals surface area (Å²) >= 11 is 4.93. The van der Waals surface area contributed by atoms with Crippen molar-refractivity contribution in [3.63, 3.8) is 0 Å². The smallest absolute Gasteiger partial charge is 0.264 e. The molecule has 1 aliphatic heterocycles. The van der Waals surface area contributed by atoms with Gasteiger partial charge in [-0.3, -0.25) is 9.78 Å². The molecule has 3 rings (SSSR count). The molecule has 1 atom stereocenters. The van der Waals surface area contributed by atoms with Crippen molar-refractivity contribution in [2.75, 3.05) is 13.1 Å². The molecule has 3 heterocycles. The van der Waals surface area contributed by atoms with Gasteiger partial charge in [-0.25, -0.2) is 0 Å². The van der Waals surface area contributed by atoms with Crippen LogP contribution in [0.1, 0.15) is 21.7 Å². The monoisotopic (exact) mass is 366 g/mol. The summed E-state index contributed by atoms with van der Waals surface area (Å²) < 4.78 is 6.79. The molecule has 1 fully saturated rings. The van der Waals surface area contributed by atoms with E-state index in [9.17, 15) is 4.79 Å². The second-order valence-corrected chi connectivity index (χ2v) is 6.84. The van der Waals surface area contributed by atoms with E-state index >= 15 is 0 Å². The van der Waals surface area contributed by atoms with Crippen LogP contribution in [0.2, 0.25) is 0 Å². The lowest BCUT2D eigenvalue weighted by Crippen LogP contribution is -2.30. The molecule has 0 radical (unpaired) electrons. The van der Waals surface area contributed by atoms with Crippen LogP contribution in [0.25, 0.3) is 0 Å². The van der Waals surface area contributed by atoms with Crippen LogP contribution < -0.4 is 4.74 Å². The number of hydrogen-bond donors (Lipinski definition) is 0. The van der Waals surface area contributed by atoms with Crippen molar-refractivity contribution >= 4 is 33.2 Å². The van der Waals surface area contributed by atoms with E-state index in [1.807, 2.05) is 29.3 Å². The maximum absolute atomic E-state index is 12.4. The second-order valence-electron chi connectivity index (χ2n) is 5.07. The average molecular weight is 367 g/mol. The van der Waals surface area contributed by atoms with Crippen LogP contribution in [-0.4, -0.2) is 35.0 Å². The summed E-state index contributed by atoms with van der Waals surface area (Å²) in [5.41, 5.74) is 1.14. The van der Waals surface area contributed by atoms with E-state index in [1.165, 1.54) is 11.3 Å². The predicted octanol–water partition coefficient (Wildman–Crippen LogP) is 3.51. The quantitative estimate of drug-likeness (QED) is 0.834. The first-order chi connectivity index (χ1) is 10.1. The largest absolute Gasteiger partial charge is 0.487 e. The number of ether oxygens (including phenoxy) is 1. The number of halogens is 1. The fourth-order valence-electron chi connectivity index (χ4n) is 2.35. The van der Waals surface area contributed by atoms with Gasteiger partial charge in [-0.1, -0.05) is 0 Å². The molecule has 0 aliphatic carbocycles. The van der Waals surface area contributed by atoms with Crippen LogP contribution in [0.5, 0.6) is 5.75 Å². The van der Waals surface area contributed by atoms with Crippen molar-refractivity contribution in [1.82, 2.24) is 9.88 Å². The van der Waals surface area contributed by atoms with Crippen LogP contribution in [0.15, 0.2) is 34.4 Å². The summed E-state index contributed by atoms with van der Waals surface area (Å²) in [4.78, 5) is 19.1. The maximum atomic E-state index is 12.4. The number of carbonyl (C=O) groups is 1. The molecular formula is C15H15BrN2O2S. The average Bonchev–Trinajstić information content (AvgIpc) is 3.10. The Balaban J connectivity index is 1.63. The van der Waals surface area contributed by atoms with Crippen LogP contribution in [0.4, 0.5) is 0 Å². The SMILES string of the molecule is Cc1csc(C(=O)N2CCC(Oc3ccncc3Br)C2)c1. The minimum atomic E-state index is 0.0358. The molecule has 2 aromatic heterocycles. The van der Waals surface area contributed by atoms with Crippen molar-refractivity contribution in [1.29, 1.82) is 0 Å². The number of aromatic nitrogens is 1. The first kappa shape index (κ1) is 14.5. The molecule has 1 amide bonds. The molecule has 1 saturated heterocycles. The molecule has 1 aliphatic rings. The number of nitrogens with zero attached hydrogens (tertiary/aromatic N) is 2. The normalized spacial score (nSPS) is 18.0. The second kappa shape index (κ2) is 6.15. The molecule has 6 heteroatoms. The summed E-state index contributed by atoms with van der Waals surface area (Å²) in [6.07, 6.45) is 4.30. The molecule has 4 nitrogen and oxygen atoms in total. The number of thiophene rings is 1. The first-order valence-corrected chi connectivity index (χ1v) is 8.41. The lowest BCUT2D eigenvalue weighted by atomic mass is 10.3. The van der Waals surface area contributed by atoms with E-state index in [0.717, 1.165) is 33.6 Å². The number of amides is 1. The van der Waals surface area contributed by atoms with E-state index in [-0.39, 0.29) is 12.0 Å². The van der Waals surface area contributed by atoms with Gasteiger partial charge in [0.25, 0.3) is 5.91 Å². The van der Waals surface area contributed by atoms with Gasteiger partial charge in [-0.2, -0.15) is 0 Å². The standard InChI is InChI=1S/C15H15BrN2O2S/c1-10-6-14(21-9-10)15(19)18-5-3-11(8-18)20-13-2-4-17-7-12(13)16/h2,4,6-7,9,11H,3,5,8H2,1H3. The summed E-state index contributed by atoms with van der Waals surface area (Å²) in [7, 11) is 0. The molecule has 0 N–H and O–H groups in total. The Hall–Kier alpha value is -1.40. The summed E-state index contributed by atoms with van der Waals surface area (Å²) in [6.45, 7) is 3.37. The number of aryl methyl sites for hydroxylation is 1. The first-order valence-electron chi connectivity index (χ1n) is 6.74. The van der Waals surface area contributed by atoms with Crippen LogP contribution in [0, 0.1) is 6.92 Å². The number of hydrogen-bond acceptors (Lipinski definition) is 4. The van der Waals surface area contributed by atoms with Gasteiger partial charge >= 0.3 is 0 Å². The Bertz CT molecular complexity index is 659. The van der Waals surface area contributed by atoms with Crippen molar-refractivity contribution < 1.29 is 9.53 Å². The summed E-state index contributed by atoms with van der Waals surface area (Å²) in [5, 5.41) is 2.01. The van der Waals surface area contributed by atoms with Gasteiger partial charge in [-0.15, -0.1) is 11.3 Å². The van der Waals surface area contributed by atoms with Gasteiger partial charge in [-0.05, 0) is 45.9 Å². The fourth-order valence-corrected chi connectivity index (χ4v) is 3.55. The lowest BCUT2D eigenvalue weighted by molar-refractivity contribution is 0.0777. The molecule has 0 spiro atoms. The zero-order valence-corrected chi connectivity index (χ0v) is 14.0. The zero-order valence-electron chi connectivity index (χ0n) is 11.6. The maximum Gasteiger partial charge on any atom is 0.264 e. The van der Waals surface area contributed by atoms with E-state index in [2.05, 4.69) is 20.9 Å². The van der Waals surface area contributed by atoms with Gasteiger partial charge in [0.1, 0.15) is 11.9 Å². The highest BCUT2D eigenvalue weighted by Crippen LogP contribution is 2.27. The predicted molar refractivity (Wildman–Crippen MR) is 85.9 cm³/mol. The molecule has 21 heavy (non-hydrogen) atoms. The fraction of sp³-hybridized carbons (Fsp3) is 0.333. The Labute approximate surface area is 135 Å². The Morgan fingerprint density at radius 3 is 3.14 bits per heavy atom. The molecule has 110 valence electrons. The Kier molecular flexibility index (Phi) is 4.26. The van der Waals surface area contributed by atoms with E-state index in [4.69, 9.17) is 4.74 Å². The van der Waals surface area contributed by atoms with E-state index in [1.54, 1.807) is 12.4 Å². The van der Waals surface area contributed by atoms with Gasteiger partial charge in [0.15, 0.2) is 0 Å². The molecule has 1 unspecified atom stereocenters. The van der Waals surface area contributed by atoms with Crippen molar-refractivity contribution in [3.05, 3.63) is 44.8 Å². The lowest BCUT2D eigenvalue weighted by Gasteiger charge is -2.17.